The topological polar surface area (TPSA) is 38.3 Å². The van der Waals surface area contributed by atoms with Crippen molar-refractivity contribution >= 4 is 6.09 Å². The minimum absolute atomic E-state index is 0.309. The van der Waals surface area contributed by atoms with Gasteiger partial charge in [0.05, 0.1) is 6.61 Å². The Morgan fingerprint density at radius 3 is 2.70 bits per heavy atom. The van der Waals surface area contributed by atoms with Crippen molar-refractivity contribution in [3.05, 3.63) is 0 Å². The molecule has 0 aliphatic rings. The van der Waals surface area contributed by atoms with Crippen LogP contribution < -0.4 is 5.32 Å². The average molecular weight is 145 g/mol. The third-order valence-corrected chi connectivity index (χ3v) is 1.05. The van der Waals surface area contributed by atoms with E-state index in [9.17, 15) is 4.79 Å². The van der Waals surface area contributed by atoms with Gasteiger partial charge in [0.15, 0.2) is 0 Å². The summed E-state index contributed by atoms with van der Waals surface area (Å²) in [6.45, 7) is 5.08. The van der Waals surface area contributed by atoms with Gasteiger partial charge in [0, 0.05) is 6.54 Å². The van der Waals surface area contributed by atoms with Crippen LogP contribution in [0.25, 0.3) is 0 Å². The molecule has 3 heteroatoms. The first-order valence-corrected chi connectivity index (χ1v) is 3.71. The summed E-state index contributed by atoms with van der Waals surface area (Å²) in [6, 6.07) is 0. The molecule has 0 atom stereocenters. The predicted octanol–water partition coefficient (Wildman–Crippen LogP) is 1.53. The molecule has 1 N–H and O–H groups in total. The molecule has 0 fully saturated rings. The van der Waals surface area contributed by atoms with Crippen LogP contribution in [0.15, 0.2) is 0 Å². The molecule has 0 aromatic rings. The third kappa shape index (κ3) is 5.41. The van der Waals surface area contributed by atoms with Crippen LogP contribution in [-0.4, -0.2) is 19.2 Å². The van der Waals surface area contributed by atoms with Crippen LogP contribution >= 0.6 is 0 Å². The standard InChI is InChI=1S/C7H15NO2/c1-3-5-6-10-7(9)8-4-2/h3-6H2,1-2H3,(H,8,9). The Kier molecular flexibility index (Phi) is 5.92. The Morgan fingerprint density at radius 1 is 1.50 bits per heavy atom. The van der Waals surface area contributed by atoms with Gasteiger partial charge in [-0.25, -0.2) is 4.79 Å². The number of amides is 1. The lowest BCUT2D eigenvalue weighted by atomic mass is 10.4. The van der Waals surface area contributed by atoms with Gasteiger partial charge in [0.2, 0.25) is 0 Å². The maximum absolute atomic E-state index is 10.6. The molecule has 0 unspecified atom stereocenters. The molecule has 60 valence electrons. The van der Waals surface area contributed by atoms with Crippen molar-refractivity contribution in [2.45, 2.75) is 26.7 Å². The summed E-state index contributed by atoms with van der Waals surface area (Å²) in [5.74, 6) is 0. The van der Waals surface area contributed by atoms with E-state index in [4.69, 9.17) is 4.74 Å². The normalized spacial score (nSPS) is 9.00. The summed E-state index contributed by atoms with van der Waals surface area (Å²) in [5, 5.41) is 2.54. The lowest BCUT2D eigenvalue weighted by Crippen LogP contribution is -2.23. The van der Waals surface area contributed by atoms with E-state index in [1.54, 1.807) is 0 Å². The van der Waals surface area contributed by atoms with Gasteiger partial charge in [-0.3, -0.25) is 0 Å². The minimum Gasteiger partial charge on any atom is -0.450 e. The summed E-state index contributed by atoms with van der Waals surface area (Å²) in [7, 11) is 0. The van der Waals surface area contributed by atoms with Crippen molar-refractivity contribution in [1.82, 2.24) is 5.32 Å². The number of nitrogens with one attached hydrogen (secondary N) is 1. The lowest BCUT2D eigenvalue weighted by Gasteiger charge is -2.02. The lowest BCUT2D eigenvalue weighted by molar-refractivity contribution is 0.145. The van der Waals surface area contributed by atoms with Crippen LogP contribution in [0.3, 0.4) is 0 Å². The molecule has 0 radical (unpaired) electrons. The summed E-state index contributed by atoms with van der Waals surface area (Å²) < 4.78 is 4.77. The summed E-state index contributed by atoms with van der Waals surface area (Å²) in [5.41, 5.74) is 0. The molecule has 0 saturated carbocycles. The highest BCUT2D eigenvalue weighted by atomic mass is 16.5. The minimum atomic E-state index is -0.309. The molecule has 0 aromatic heterocycles. The van der Waals surface area contributed by atoms with Gasteiger partial charge in [-0.05, 0) is 13.3 Å². The van der Waals surface area contributed by atoms with Gasteiger partial charge in [0.1, 0.15) is 0 Å². The highest BCUT2D eigenvalue weighted by Gasteiger charge is 1.95. The number of hydrogen-bond acceptors (Lipinski definition) is 2. The fourth-order valence-corrected chi connectivity index (χ4v) is 0.505. The predicted molar refractivity (Wildman–Crippen MR) is 39.9 cm³/mol. The quantitative estimate of drug-likeness (QED) is 0.609. The van der Waals surface area contributed by atoms with E-state index in [2.05, 4.69) is 12.2 Å². The van der Waals surface area contributed by atoms with E-state index >= 15 is 0 Å². The van der Waals surface area contributed by atoms with Gasteiger partial charge in [-0.2, -0.15) is 0 Å². The molecule has 0 heterocycles. The van der Waals surface area contributed by atoms with E-state index in [1.165, 1.54) is 0 Å². The number of rotatable bonds is 4. The molecule has 0 aromatic carbocycles. The van der Waals surface area contributed by atoms with Crippen molar-refractivity contribution < 1.29 is 9.53 Å². The molecule has 0 spiro atoms. The SMILES string of the molecule is CCCCOC(=O)NCC. The van der Waals surface area contributed by atoms with E-state index in [1.807, 2.05) is 6.92 Å². The Bertz CT molecular complexity index is 93.6. The zero-order chi connectivity index (χ0) is 7.82. The summed E-state index contributed by atoms with van der Waals surface area (Å²) in [4.78, 5) is 10.6. The van der Waals surface area contributed by atoms with Crippen LogP contribution in [0, 0.1) is 0 Å². The Balaban J connectivity index is 3.05. The van der Waals surface area contributed by atoms with Crippen LogP contribution in [0.1, 0.15) is 26.7 Å². The second kappa shape index (κ2) is 6.39. The largest absolute Gasteiger partial charge is 0.450 e. The Labute approximate surface area is 61.8 Å². The summed E-state index contributed by atoms with van der Waals surface area (Å²) >= 11 is 0. The van der Waals surface area contributed by atoms with Crippen LogP contribution in [0.2, 0.25) is 0 Å². The fourth-order valence-electron chi connectivity index (χ4n) is 0.505. The third-order valence-electron chi connectivity index (χ3n) is 1.05. The number of carbonyl (C=O) groups is 1. The van der Waals surface area contributed by atoms with Gasteiger partial charge in [0.25, 0.3) is 0 Å². The van der Waals surface area contributed by atoms with E-state index in [0.717, 1.165) is 12.8 Å². The molecule has 0 rings (SSSR count). The zero-order valence-corrected chi connectivity index (χ0v) is 6.64. The number of hydrogen-bond donors (Lipinski definition) is 1. The van der Waals surface area contributed by atoms with E-state index < -0.39 is 0 Å². The first-order valence-electron chi connectivity index (χ1n) is 3.71. The maximum Gasteiger partial charge on any atom is 0.407 e. The number of carbonyl (C=O) groups excluding carboxylic acids is 1. The maximum atomic E-state index is 10.6. The Morgan fingerprint density at radius 2 is 2.20 bits per heavy atom. The van der Waals surface area contributed by atoms with E-state index in [0.29, 0.717) is 13.2 Å². The molecule has 0 saturated heterocycles. The van der Waals surface area contributed by atoms with Gasteiger partial charge < -0.3 is 10.1 Å². The Hall–Kier alpha value is -0.730. The zero-order valence-electron chi connectivity index (χ0n) is 6.64. The number of ether oxygens (including phenoxy) is 1. The molecule has 10 heavy (non-hydrogen) atoms. The molecule has 1 amide bonds. The van der Waals surface area contributed by atoms with E-state index in [-0.39, 0.29) is 6.09 Å². The molecular formula is C7H15NO2. The van der Waals surface area contributed by atoms with Crippen LogP contribution in [-0.2, 0) is 4.74 Å². The second-order valence-corrected chi connectivity index (χ2v) is 2.02. The highest BCUT2D eigenvalue weighted by Crippen LogP contribution is 1.87. The van der Waals surface area contributed by atoms with Crippen molar-refractivity contribution in [2.75, 3.05) is 13.2 Å². The summed E-state index contributed by atoms with van der Waals surface area (Å²) in [6.07, 6.45) is 1.69. The smallest absolute Gasteiger partial charge is 0.407 e. The molecule has 0 aliphatic carbocycles. The molecule has 0 aliphatic heterocycles. The van der Waals surface area contributed by atoms with Crippen molar-refractivity contribution in [2.24, 2.45) is 0 Å². The van der Waals surface area contributed by atoms with Gasteiger partial charge >= 0.3 is 6.09 Å². The van der Waals surface area contributed by atoms with Crippen molar-refractivity contribution in [1.29, 1.82) is 0 Å². The molecule has 3 nitrogen and oxygen atoms in total. The van der Waals surface area contributed by atoms with Crippen LogP contribution in [0.5, 0.6) is 0 Å². The highest BCUT2D eigenvalue weighted by molar-refractivity contribution is 5.66. The van der Waals surface area contributed by atoms with Gasteiger partial charge in [-0.1, -0.05) is 13.3 Å². The van der Waals surface area contributed by atoms with Crippen LogP contribution in [0.4, 0.5) is 4.79 Å². The molecular weight excluding hydrogens is 130 g/mol. The van der Waals surface area contributed by atoms with Crippen molar-refractivity contribution in [3.8, 4) is 0 Å². The van der Waals surface area contributed by atoms with Gasteiger partial charge in [-0.15, -0.1) is 0 Å². The fraction of sp³-hybridized carbons (Fsp3) is 0.857. The van der Waals surface area contributed by atoms with Crippen molar-refractivity contribution in [3.63, 3.8) is 0 Å². The first kappa shape index (κ1) is 9.27. The monoisotopic (exact) mass is 145 g/mol. The molecule has 0 bridgehead atoms. The number of alkyl carbamates (subject to hydrolysis) is 1. The second-order valence-electron chi connectivity index (χ2n) is 2.02. The first-order chi connectivity index (χ1) is 4.81. The average Bonchev–Trinajstić information content (AvgIpc) is 1.89. The number of unbranched alkanes of at least 4 members (excludes halogenated alkanes) is 1.